The molecule has 1 aliphatic heterocycles. The molecule has 1 saturated heterocycles. The van der Waals surface area contributed by atoms with Crippen LogP contribution in [0.1, 0.15) is 50.5 Å². The SMILES string of the molecule is O=C(NCCC1=CCCCC1)C(=O)NCC1CCN(Cc2ccsc2)CC1. The zero-order valence-corrected chi connectivity index (χ0v) is 16.9. The lowest BCUT2D eigenvalue weighted by Gasteiger charge is -2.31. The molecule has 0 aromatic carbocycles. The van der Waals surface area contributed by atoms with E-state index in [0.29, 0.717) is 19.0 Å². The smallest absolute Gasteiger partial charge is 0.309 e. The first-order valence-electron chi connectivity index (χ1n) is 10.2. The Kier molecular flexibility index (Phi) is 7.90. The quantitative estimate of drug-likeness (QED) is 0.556. The van der Waals surface area contributed by atoms with Crippen molar-refractivity contribution in [3.63, 3.8) is 0 Å². The highest BCUT2D eigenvalue weighted by Gasteiger charge is 2.21. The summed E-state index contributed by atoms with van der Waals surface area (Å²) in [6.45, 7) is 4.28. The van der Waals surface area contributed by atoms with E-state index in [9.17, 15) is 9.59 Å². The highest BCUT2D eigenvalue weighted by molar-refractivity contribution is 7.07. The van der Waals surface area contributed by atoms with Crippen LogP contribution in [0.5, 0.6) is 0 Å². The number of nitrogens with zero attached hydrogens (tertiary/aromatic N) is 1. The number of likely N-dealkylation sites (tertiary alicyclic amines) is 1. The molecular formula is C21H31N3O2S. The summed E-state index contributed by atoms with van der Waals surface area (Å²) in [4.78, 5) is 26.4. The number of nitrogens with one attached hydrogen (secondary N) is 2. The van der Waals surface area contributed by atoms with Crippen LogP contribution in [0.25, 0.3) is 0 Å². The average molecular weight is 390 g/mol. The molecule has 1 aromatic heterocycles. The van der Waals surface area contributed by atoms with Crippen molar-refractivity contribution >= 4 is 23.2 Å². The third-order valence-electron chi connectivity index (χ3n) is 5.57. The first kappa shape index (κ1) is 20.1. The third kappa shape index (κ3) is 6.78. The molecule has 27 heavy (non-hydrogen) atoms. The van der Waals surface area contributed by atoms with Gasteiger partial charge in [-0.3, -0.25) is 14.5 Å². The van der Waals surface area contributed by atoms with E-state index in [1.165, 1.54) is 24.0 Å². The fourth-order valence-electron chi connectivity index (χ4n) is 3.86. The van der Waals surface area contributed by atoms with Gasteiger partial charge >= 0.3 is 11.8 Å². The summed E-state index contributed by atoms with van der Waals surface area (Å²) in [5.41, 5.74) is 2.79. The molecule has 3 rings (SSSR count). The molecule has 2 aliphatic rings. The first-order chi connectivity index (χ1) is 13.2. The monoisotopic (exact) mass is 389 g/mol. The molecule has 5 nitrogen and oxygen atoms in total. The second-order valence-corrected chi connectivity index (χ2v) is 8.46. The van der Waals surface area contributed by atoms with Gasteiger partial charge in [0.2, 0.25) is 0 Å². The van der Waals surface area contributed by atoms with E-state index >= 15 is 0 Å². The van der Waals surface area contributed by atoms with Gasteiger partial charge in [-0.2, -0.15) is 11.3 Å². The van der Waals surface area contributed by atoms with Gasteiger partial charge in [0.05, 0.1) is 0 Å². The predicted octanol–water partition coefficient (Wildman–Crippen LogP) is 3.08. The van der Waals surface area contributed by atoms with Crippen LogP contribution in [-0.4, -0.2) is 42.9 Å². The van der Waals surface area contributed by atoms with Crippen LogP contribution in [0.15, 0.2) is 28.5 Å². The van der Waals surface area contributed by atoms with Crippen LogP contribution in [0.2, 0.25) is 0 Å². The standard InChI is InChI=1S/C21H31N3O2S/c25-20(22-10-6-17-4-2-1-3-5-17)21(26)23-14-18-7-11-24(12-8-18)15-19-9-13-27-16-19/h4,9,13,16,18H,1-3,5-8,10-12,14-15H2,(H,22,25)(H,23,26). The van der Waals surface area contributed by atoms with E-state index in [0.717, 1.165) is 51.7 Å². The molecule has 148 valence electrons. The second-order valence-electron chi connectivity index (χ2n) is 7.68. The highest BCUT2D eigenvalue weighted by Crippen LogP contribution is 2.20. The van der Waals surface area contributed by atoms with Crippen molar-refractivity contribution in [1.29, 1.82) is 0 Å². The summed E-state index contributed by atoms with van der Waals surface area (Å²) in [5, 5.41) is 9.89. The summed E-state index contributed by atoms with van der Waals surface area (Å²) < 4.78 is 0. The lowest BCUT2D eigenvalue weighted by Crippen LogP contribution is -2.44. The van der Waals surface area contributed by atoms with E-state index in [1.807, 2.05) is 0 Å². The molecule has 0 saturated carbocycles. The molecule has 1 fully saturated rings. The van der Waals surface area contributed by atoms with Gasteiger partial charge < -0.3 is 10.6 Å². The lowest BCUT2D eigenvalue weighted by molar-refractivity contribution is -0.139. The van der Waals surface area contributed by atoms with Gasteiger partial charge in [0.25, 0.3) is 0 Å². The van der Waals surface area contributed by atoms with Gasteiger partial charge in [-0.05, 0) is 86.3 Å². The van der Waals surface area contributed by atoms with Crippen molar-refractivity contribution in [1.82, 2.24) is 15.5 Å². The molecule has 2 N–H and O–H groups in total. The van der Waals surface area contributed by atoms with Crippen LogP contribution in [-0.2, 0) is 16.1 Å². The molecule has 0 bridgehead atoms. The van der Waals surface area contributed by atoms with E-state index in [1.54, 1.807) is 11.3 Å². The van der Waals surface area contributed by atoms with Crippen molar-refractivity contribution < 1.29 is 9.59 Å². The Morgan fingerprint density at radius 2 is 1.96 bits per heavy atom. The minimum atomic E-state index is -0.499. The van der Waals surface area contributed by atoms with E-state index in [2.05, 4.69) is 38.4 Å². The zero-order chi connectivity index (χ0) is 18.9. The molecule has 2 amide bonds. The Hall–Kier alpha value is -1.66. The molecular weight excluding hydrogens is 358 g/mol. The fraction of sp³-hybridized carbons (Fsp3) is 0.619. The Morgan fingerprint density at radius 1 is 1.15 bits per heavy atom. The number of carbonyl (C=O) groups excluding carboxylic acids is 2. The van der Waals surface area contributed by atoms with Gasteiger partial charge in [-0.1, -0.05) is 11.6 Å². The minimum absolute atomic E-state index is 0.466. The summed E-state index contributed by atoms with van der Waals surface area (Å²) in [5.74, 6) is -0.525. The summed E-state index contributed by atoms with van der Waals surface area (Å²) in [6, 6.07) is 2.18. The summed E-state index contributed by atoms with van der Waals surface area (Å²) >= 11 is 1.74. The summed E-state index contributed by atoms with van der Waals surface area (Å²) in [7, 11) is 0. The van der Waals surface area contributed by atoms with Crippen LogP contribution >= 0.6 is 11.3 Å². The van der Waals surface area contributed by atoms with Crippen LogP contribution in [0.4, 0.5) is 0 Å². The maximum absolute atomic E-state index is 12.0. The number of amides is 2. The number of hydrogen-bond donors (Lipinski definition) is 2. The molecule has 0 radical (unpaired) electrons. The van der Waals surface area contributed by atoms with Gasteiger partial charge in [0.1, 0.15) is 0 Å². The Bertz CT molecular complexity index is 634. The average Bonchev–Trinajstić information content (AvgIpc) is 3.21. The predicted molar refractivity (Wildman–Crippen MR) is 110 cm³/mol. The fourth-order valence-corrected chi connectivity index (χ4v) is 4.52. The summed E-state index contributed by atoms with van der Waals surface area (Å²) in [6.07, 6.45) is 10.1. The first-order valence-corrected chi connectivity index (χ1v) is 11.1. The second kappa shape index (κ2) is 10.6. The number of rotatable bonds is 7. The van der Waals surface area contributed by atoms with Crippen molar-refractivity contribution in [2.75, 3.05) is 26.2 Å². The molecule has 1 aliphatic carbocycles. The number of carbonyl (C=O) groups is 2. The van der Waals surface area contributed by atoms with Gasteiger partial charge in [-0.25, -0.2) is 0 Å². The molecule has 1 aromatic rings. The van der Waals surface area contributed by atoms with Crippen LogP contribution in [0.3, 0.4) is 0 Å². The molecule has 6 heteroatoms. The number of allylic oxidation sites excluding steroid dienone is 1. The Labute approximate surface area is 166 Å². The number of hydrogen-bond acceptors (Lipinski definition) is 4. The molecule has 0 spiro atoms. The molecule has 0 unspecified atom stereocenters. The topological polar surface area (TPSA) is 61.4 Å². The van der Waals surface area contributed by atoms with E-state index in [4.69, 9.17) is 0 Å². The van der Waals surface area contributed by atoms with Crippen molar-refractivity contribution in [2.24, 2.45) is 5.92 Å². The van der Waals surface area contributed by atoms with Crippen molar-refractivity contribution in [3.05, 3.63) is 34.0 Å². The number of piperidine rings is 1. The normalized spacial score (nSPS) is 18.7. The Balaban J connectivity index is 1.27. The molecule has 2 heterocycles. The maximum Gasteiger partial charge on any atom is 0.309 e. The van der Waals surface area contributed by atoms with E-state index < -0.39 is 11.8 Å². The Morgan fingerprint density at radius 3 is 2.67 bits per heavy atom. The van der Waals surface area contributed by atoms with Crippen LogP contribution in [0, 0.1) is 5.92 Å². The van der Waals surface area contributed by atoms with Crippen molar-refractivity contribution in [3.8, 4) is 0 Å². The van der Waals surface area contributed by atoms with Crippen molar-refractivity contribution in [2.45, 2.75) is 51.5 Å². The third-order valence-corrected chi connectivity index (χ3v) is 6.30. The van der Waals surface area contributed by atoms with E-state index in [-0.39, 0.29) is 0 Å². The minimum Gasteiger partial charge on any atom is -0.348 e. The molecule has 0 atom stereocenters. The van der Waals surface area contributed by atoms with Crippen LogP contribution < -0.4 is 10.6 Å². The largest absolute Gasteiger partial charge is 0.348 e. The lowest BCUT2D eigenvalue weighted by atomic mass is 9.96. The number of thiophene rings is 1. The van der Waals surface area contributed by atoms with Gasteiger partial charge in [-0.15, -0.1) is 0 Å². The highest BCUT2D eigenvalue weighted by atomic mass is 32.1. The zero-order valence-electron chi connectivity index (χ0n) is 16.0. The maximum atomic E-state index is 12.0. The van der Waals surface area contributed by atoms with Gasteiger partial charge in [0.15, 0.2) is 0 Å². The van der Waals surface area contributed by atoms with Gasteiger partial charge in [0, 0.05) is 19.6 Å².